The standard InChI is InChI=1S/C26H21NOS2/c1-17-7-11-19(12-8-17)25(28)22-15-21(16-27-22)26(20-13-9-18(2)10-14-20)29-23-5-3-4-6-24(23)30-26/h3-16,27H,1-2H3. The quantitative estimate of drug-likeness (QED) is 0.357. The van der Waals surface area contributed by atoms with Crippen LogP contribution in [0.2, 0.25) is 0 Å². The van der Waals surface area contributed by atoms with Crippen LogP contribution in [0.4, 0.5) is 0 Å². The molecule has 0 saturated heterocycles. The van der Waals surface area contributed by atoms with Crippen LogP contribution in [0.5, 0.6) is 0 Å². The molecule has 0 bridgehead atoms. The van der Waals surface area contributed by atoms with Gasteiger partial charge in [0.2, 0.25) is 5.78 Å². The van der Waals surface area contributed by atoms with Gasteiger partial charge >= 0.3 is 0 Å². The Morgan fingerprint density at radius 1 is 0.767 bits per heavy atom. The zero-order valence-corrected chi connectivity index (χ0v) is 18.4. The molecule has 0 amide bonds. The van der Waals surface area contributed by atoms with E-state index in [-0.39, 0.29) is 9.86 Å². The number of benzene rings is 3. The summed E-state index contributed by atoms with van der Waals surface area (Å²) in [7, 11) is 0. The third-order valence-electron chi connectivity index (χ3n) is 5.41. The van der Waals surface area contributed by atoms with E-state index in [0.29, 0.717) is 11.3 Å². The average Bonchev–Trinajstić information content (AvgIpc) is 3.40. The highest BCUT2D eigenvalue weighted by molar-refractivity contribution is 8.20. The van der Waals surface area contributed by atoms with E-state index in [2.05, 4.69) is 60.4 Å². The maximum absolute atomic E-state index is 13.0. The summed E-state index contributed by atoms with van der Waals surface area (Å²) in [4.78, 5) is 18.8. The topological polar surface area (TPSA) is 32.9 Å². The summed E-state index contributed by atoms with van der Waals surface area (Å²) in [6, 6.07) is 27.0. The van der Waals surface area contributed by atoms with Gasteiger partial charge < -0.3 is 4.98 Å². The SMILES string of the molecule is Cc1ccc(C(=O)c2cc(C3(c4ccc(C)cc4)Sc4ccccc4S3)c[nH]2)cc1. The summed E-state index contributed by atoms with van der Waals surface area (Å²) in [6.45, 7) is 4.13. The second kappa shape index (κ2) is 7.53. The van der Waals surface area contributed by atoms with Crippen molar-refractivity contribution in [1.82, 2.24) is 4.98 Å². The van der Waals surface area contributed by atoms with Gasteiger partial charge in [-0.25, -0.2) is 0 Å². The fourth-order valence-electron chi connectivity index (χ4n) is 3.70. The first kappa shape index (κ1) is 19.3. The van der Waals surface area contributed by atoms with Gasteiger partial charge in [0, 0.05) is 27.1 Å². The summed E-state index contributed by atoms with van der Waals surface area (Å²) in [6.07, 6.45) is 1.99. The summed E-state index contributed by atoms with van der Waals surface area (Å²) in [5.41, 5.74) is 6.05. The molecule has 4 heteroatoms. The second-order valence-electron chi connectivity index (χ2n) is 7.63. The lowest BCUT2D eigenvalue weighted by Gasteiger charge is -2.27. The van der Waals surface area contributed by atoms with Gasteiger partial charge in [-0.05, 0) is 37.6 Å². The maximum Gasteiger partial charge on any atom is 0.209 e. The van der Waals surface area contributed by atoms with Crippen LogP contribution in [0.3, 0.4) is 0 Å². The molecule has 5 rings (SSSR count). The van der Waals surface area contributed by atoms with Crippen molar-refractivity contribution in [2.24, 2.45) is 0 Å². The Hall–Kier alpha value is -2.69. The van der Waals surface area contributed by atoms with E-state index in [1.807, 2.05) is 67.0 Å². The summed E-state index contributed by atoms with van der Waals surface area (Å²) < 4.78 is -0.320. The van der Waals surface area contributed by atoms with E-state index in [0.717, 1.165) is 11.1 Å². The van der Waals surface area contributed by atoms with Crippen molar-refractivity contribution in [2.45, 2.75) is 27.7 Å². The van der Waals surface area contributed by atoms with Crippen molar-refractivity contribution >= 4 is 29.3 Å². The number of carbonyl (C=O) groups excluding carboxylic acids is 1. The Morgan fingerprint density at radius 2 is 1.33 bits per heavy atom. The van der Waals surface area contributed by atoms with Crippen LogP contribution in [0.25, 0.3) is 0 Å². The van der Waals surface area contributed by atoms with Crippen molar-refractivity contribution in [3.05, 3.63) is 119 Å². The van der Waals surface area contributed by atoms with E-state index >= 15 is 0 Å². The van der Waals surface area contributed by atoms with Crippen LogP contribution in [0, 0.1) is 13.8 Å². The molecular weight excluding hydrogens is 406 g/mol. The van der Waals surface area contributed by atoms with Gasteiger partial charge in [0.1, 0.15) is 4.08 Å². The van der Waals surface area contributed by atoms with Crippen LogP contribution in [0.1, 0.15) is 38.3 Å². The highest BCUT2D eigenvalue weighted by atomic mass is 32.2. The number of rotatable bonds is 4. The Morgan fingerprint density at radius 3 is 1.93 bits per heavy atom. The van der Waals surface area contributed by atoms with Crippen LogP contribution in [-0.2, 0) is 4.08 Å². The molecule has 0 aliphatic carbocycles. The van der Waals surface area contributed by atoms with Gasteiger partial charge in [0.15, 0.2) is 0 Å². The Bertz CT molecular complexity index is 1200. The number of aromatic amines is 1. The average molecular weight is 428 g/mol. The number of nitrogens with one attached hydrogen (secondary N) is 1. The predicted molar refractivity (Wildman–Crippen MR) is 126 cm³/mol. The molecule has 30 heavy (non-hydrogen) atoms. The molecule has 3 aromatic carbocycles. The first-order valence-electron chi connectivity index (χ1n) is 9.90. The molecule has 0 fully saturated rings. The molecule has 0 atom stereocenters. The zero-order valence-electron chi connectivity index (χ0n) is 16.8. The molecule has 2 heterocycles. The maximum atomic E-state index is 13.0. The molecule has 148 valence electrons. The van der Waals surface area contributed by atoms with Gasteiger partial charge in [0.25, 0.3) is 0 Å². The molecule has 1 N–H and O–H groups in total. The smallest absolute Gasteiger partial charge is 0.209 e. The monoisotopic (exact) mass is 427 g/mol. The van der Waals surface area contributed by atoms with Gasteiger partial charge in [-0.2, -0.15) is 0 Å². The number of ketones is 1. The minimum atomic E-state index is -0.320. The molecule has 1 aliphatic rings. The number of fused-ring (bicyclic) bond motifs is 1. The minimum Gasteiger partial charge on any atom is -0.358 e. The molecule has 0 saturated carbocycles. The van der Waals surface area contributed by atoms with Crippen molar-refractivity contribution in [1.29, 1.82) is 0 Å². The third-order valence-corrected chi connectivity index (χ3v) is 8.71. The number of hydrogen-bond donors (Lipinski definition) is 1. The summed E-state index contributed by atoms with van der Waals surface area (Å²) in [5, 5.41) is 0. The predicted octanol–water partition coefficient (Wildman–Crippen LogP) is 6.96. The lowest BCUT2D eigenvalue weighted by molar-refractivity contribution is 0.103. The van der Waals surface area contributed by atoms with E-state index < -0.39 is 0 Å². The van der Waals surface area contributed by atoms with Crippen LogP contribution >= 0.6 is 23.5 Å². The van der Waals surface area contributed by atoms with E-state index in [9.17, 15) is 4.79 Å². The molecule has 0 unspecified atom stereocenters. The highest BCUT2D eigenvalue weighted by Gasteiger charge is 2.43. The van der Waals surface area contributed by atoms with Crippen molar-refractivity contribution < 1.29 is 4.79 Å². The molecular formula is C26H21NOS2. The van der Waals surface area contributed by atoms with Gasteiger partial charge in [-0.1, -0.05) is 95.3 Å². The largest absolute Gasteiger partial charge is 0.358 e. The fraction of sp³-hybridized carbons (Fsp3) is 0.115. The van der Waals surface area contributed by atoms with Crippen LogP contribution in [0.15, 0.2) is 94.9 Å². The lowest BCUT2D eigenvalue weighted by atomic mass is 10.0. The Kier molecular flexibility index (Phi) is 4.84. The first-order valence-corrected chi connectivity index (χ1v) is 11.5. The molecule has 0 spiro atoms. The summed E-state index contributed by atoms with van der Waals surface area (Å²) in [5.74, 6) is 0.0193. The van der Waals surface area contributed by atoms with E-state index in [4.69, 9.17) is 0 Å². The number of hydrogen-bond acceptors (Lipinski definition) is 3. The van der Waals surface area contributed by atoms with Crippen molar-refractivity contribution in [2.75, 3.05) is 0 Å². The normalized spacial score (nSPS) is 14.5. The fourth-order valence-corrected chi connectivity index (χ4v) is 6.89. The molecule has 1 aromatic heterocycles. The number of aryl methyl sites for hydroxylation is 2. The van der Waals surface area contributed by atoms with Crippen LogP contribution in [-0.4, -0.2) is 10.8 Å². The first-order chi connectivity index (χ1) is 14.5. The molecule has 2 nitrogen and oxygen atoms in total. The molecule has 0 radical (unpaired) electrons. The van der Waals surface area contributed by atoms with Crippen LogP contribution < -0.4 is 0 Å². The van der Waals surface area contributed by atoms with Gasteiger partial charge in [0.05, 0.1) is 5.69 Å². The minimum absolute atomic E-state index is 0.0193. The Balaban J connectivity index is 1.57. The molecule has 1 aliphatic heterocycles. The highest BCUT2D eigenvalue weighted by Crippen LogP contribution is 2.64. The van der Waals surface area contributed by atoms with Crippen molar-refractivity contribution in [3.63, 3.8) is 0 Å². The van der Waals surface area contributed by atoms with Crippen molar-refractivity contribution in [3.8, 4) is 0 Å². The number of aromatic nitrogens is 1. The van der Waals surface area contributed by atoms with E-state index in [1.165, 1.54) is 20.9 Å². The van der Waals surface area contributed by atoms with E-state index in [1.54, 1.807) is 0 Å². The summed E-state index contributed by atoms with van der Waals surface area (Å²) >= 11 is 3.70. The lowest BCUT2D eigenvalue weighted by Crippen LogP contribution is -2.15. The number of thioether (sulfide) groups is 2. The molecule has 4 aromatic rings. The third kappa shape index (κ3) is 3.30. The Labute approximate surface area is 185 Å². The number of carbonyl (C=O) groups is 1. The number of H-pyrrole nitrogens is 1. The van der Waals surface area contributed by atoms with Gasteiger partial charge in [-0.15, -0.1) is 0 Å². The van der Waals surface area contributed by atoms with Gasteiger partial charge in [-0.3, -0.25) is 4.79 Å². The second-order valence-corrected chi connectivity index (χ2v) is 10.4. The zero-order chi connectivity index (χ0) is 20.7.